The second kappa shape index (κ2) is 7.22. The van der Waals surface area contributed by atoms with Crippen molar-refractivity contribution < 1.29 is 19.6 Å². The Morgan fingerprint density at radius 3 is 2.60 bits per heavy atom. The molecule has 0 fully saturated rings. The summed E-state index contributed by atoms with van der Waals surface area (Å²) in [6.45, 7) is 1.95. The molecule has 1 amide bonds. The Morgan fingerprint density at radius 2 is 2.05 bits per heavy atom. The van der Waals surface area contributed by atoms with Gasteiger partial charge in [-0.15, -0.1) is 0 Å². The summed E-state index contributed by atoms with van der Waals surface area (Å²) in [6.07, 6.45) is 1.14. The zero-order chi connectivity index (χ0) is 15.1. The van der Waals surface area contributed by atoms with Crippen LogP contribution in [0.5, 0.6) is 0 Å². The number of rotatable bonds is 7. The lowest BCUT2D eigenvalue weighted by Gasteiger charge is -2.05. The van der Waals surface area contributed by atoms with Crippen LogP contribution in [0, 0.1) is 17.0 Å². The number of carbonyl (C=O) groups excluding carboxylic acids is 1. The number of carboxylic acid groups (broad SMARTS) is 1. The number of hydrogen-bond donors (Lipinski definition) is 2. The maximum absolute atomic E-state index is 11.8. The Morgan fingerprint density at radius 1 is 1.35 bits per heavy atom. The Hall–Kier alpha value is -2.44. The van der Waals surface area contributed by atoms with E-state index in [2.05, 4.69) is 5.32 Å². The first-order valence-corrected chi connectivity index (χ1v) is 6.17. The smallest absolute Gasteiger partial charge is 0.303 e. The van der Waals surface area contributed by atoms with E-state index < -0.39 is 10.9 Å². The summed E-state index contributed by atoms with van der Waals surface area (Å²) in [5, 5.41) is 21.8. The van der Waals surface area contributed by atoms with Crippen LogP contribution >= 0.6 is 0 Å². The van der Waals surface area contributed by atoms with Gasteiger partial charge in [0, 0.05) is 30.2 Å². The van der Waals surface area contributed by atoms with Crippen LogP contribution in [0.2, 0.25) is 0 Å². The van der Waals surface area contributed by atoms with Crippen molar-refractivity contribution in [2.75, 3.05) is 6.54 Å². The SMILES string of the molecule is Cc1cc(C(=O)NCCCCC(=O)O)ccc1[N+](=O)[O-]. The fraction of sp³-hybridized carbons (Fsp3) is 0.385. The Labute approximate surface area is 115 Å². The zero-order valence-corrected chi connectivity index (χ0v) is 11.1. The average molecular weight is 280 g/mol. The van der Waals surface area contributed by atoms with E-state index in [1.54, 1.807) is 6.92 Å². The second-order valence-electron chi connectivity index (χ2n) is 4.37. The van der Waals surface area contributed by atoms with Crippen LogP contribution in [0.1, 0.15) is 35.2 Å². The normalized spacial score (nSPS) is 10.1. The molecule has 0 aliphatic heterocycles. The molecule has 0 aliphatic carbocycles. The molecule has 0 aliphatic rings. The summed E-state index contributed by atoms with van der Waals surface area (Å²) in [4.78, 5) is 32.2. The quantitative estimate of drug-likeness (QED) is 0.450. The highest BCUT2D eigenvalue weighted by Gasteiger charge is 2.13. The zero-order valence-electron chi connectivity index (χ0n) is 11.1. The van der Waals surface area contributed by atoms with Crippen molar-refractivity contribution in [2.45, 2.75) is 26.2 Å². The number of aliphatic carboxylic acids is 1. The first-order valence-electron chi connectivity index (χ1n) is 6.17. The number of aryl methyl sites for hydroxylation is 1. The molecule has 20 heavy (non-hydrogen) atoms. The number of carboxylic acids is 1. The second-order valence-corrected chi connectivity index (χ2v) is 4.37. The fourth-order valence-corrected chi connectivity index (χ4v) is 1.71. The van der Waals surface area contributed by atoms with Crippen LogP contribution < -0.4 is 5.32 Å². The number of benzene rings is 1. The van der Waals surface area contributed by atoms with E-state index >= 15 is 0 Å². The molecule has 0 unspecified atom stereocenters. The van der Waals surface area contributed by atoms with Crippen molar-refractivity contribution in [1.29, 1.82) is 0 Å². The molecular formula is C13H16N2O5. The van der Waals surface area contributed by atoms with Crippen LogP contribution in [-0.4, -0.2) is 28.5 Å². The Bertz CT molecular complexity index is 527. The molecule has 0 aromatic heterocycles. The van der Waals surface area contributed by atoms with Crippen LogP contribution in [0.25, 0.3) is 0 Å². The topological polar surface area (TPSA) is 110 Å². The number of nitrogens with zero attached hydrogens (tertiary/aromatic N) is 1. The van der Waals surface area contributed by atoms with Gasteiger partial charge >= 0.3 is 5.97 Å². The molecule has 0 heterocycles. The van der Waals surface area contributed by atoms with Gasteiger partial charge in [0.1, 0.15) is 0 Å². The van der Waals surface area contributed by atoms with Crippen molar-refractivity contribution >= 4 is 17.6 Å². The summed E-state index contributed by atoms with van der Waals surface area (Å²) >= 11 is 0. The number of hydrogen-bond acceptors (Lipinski definition) is 4. The molecule has 0 spiro atoms. The van der Waals surface area contributed by atoms with E-state index in [0.29, 0.717) is 30.5 Å². The molecule has 108 valence electrons. The minimum Gasteiger partial charge on any atom is -0.481 e. The maximum atomic E-state index is 11.8. The summed E-state index contributed by atoms with van der Waals surface area (Å²) < 4.78 is 0. The highest BCUT2D eigenvalue weighted by molar-refractivity contribution is 5.94. The molecule has 0 radical (unpaired) electrons. The van der Waals surface area contributed by atoms with Gasteiger partial charge in [-0.3, -0.25) is 19.7 Å². The molecule has 1 aromatic rings. The molecule has 2 N–H and O–H groups in total. The predicted octanol–water partition coefficient (Wildman–Crippen LogP) is 1.89. The van der Waals surface area contributed by atoms with Gasteiger partial charge in [0.05, 0.1) is 4.92 Å². The molecule has 0 saturated carbocycles. The third kappa shape index (κ3) is 4.68. The van der Waals surface area contributed by atoms with Gasteiger partial charge < -0.3 is 10.4 Å². The summed E-state index contributed by atoms with van der Waals surface area (Å²) in [7, 11) is 0. The van der Waals surface area contributed by atoms with Gasteiger partial charge in [0.25, 0.3) is 11.6 Å². The lowest BCUT2D eigenvalue weighted by atomic mass is 10.1. The van der Waals surface area contributed by atoms with Gasteiger partial charge in [0.2, 0.25) is 0 Å². The predicted molar refractivity (Wildman–Crippen MR) is 71.7 cm³/mol. The van der Waals surface area contributed by atoms with E-state index in [1.165, 1.54) is 18.2 Å². The lowest BCUT2D eigenvalue weighted by Crippen LogP contribution is -2.24. The minimum atomic E-state index is -0.859. The standard InChI is InChI=1S/C13H16N2O5/c1-9-8-10(5-6-11(9)15(19)20)13(18)14-7-3-2-4-12(16)17/h5-6,8H,2-4,7H2,1H3,(H,14,18)(H,16,17). The molecule has 7 heteroatoms. The Balaban J connectivity index is 2.50. The first kappa shape index (κ1) is 15.6. The number of nitro benzene ring substituents is 1. The van der Waals surface area contributed by atoms with Crippen molar-refractivity contribution in [3.63, 3.8) is 0 Å². The van der Waals surface area contributed by atoms with E-state index in [0.717, 1.165) is 0 Å². The van der Waals surface area contributed by atoms with Gasteiger partial charge in [-0.05, 0) is 31.9 Å². The van der Waals surface area contributed by atoms with Crippen LogP contribution in [0.15, 0.2) is 18.2 Å². The largest absolute Gasteiger partial charge is 0.481 e. The Kier molecular flexibility index (Phi) is 5.64. The average Bonchev–Trinajstić information content (AvgIpc) is 2.37. The first-order chi connectivity index (χ1) is 9.41. The van der Waals surface area contributed by atoms with E-state index in [4.69, 9.17) is 5.11 Å². The monoisotopic (exact) mass is 280 g/mol. The van der Waals surface area contributed by atoms with Gasteiger partial charge in [-0.1, -0.05) is 0 Å². The molecule has 0 saturated heterocycles. The van der Waals surface area contributed by atoms with Crippen molar-refractivity contribution in [3.05, 3.63) is 39.4 Å². The summed E-state index contributed by atoms with van der Waals surface area (Å²) in [6, 6.07) is 4.16. The lowest BCUT2D eigenvalue weighted by molar-refractivity contribution is -0.385. The number of amides is 1. The fourth-order valence-electron chi connectivity index (χ4n) is 1.71. The van der Waals surface area contributed by atoms with Gasteiger partial charge in [0.15, 0.2) is 0 Å². The molecule has 0 atom stereocenters. The van der Waals surface area contributed by atoms with Crippen molar-refractivity contribution in [2.24, 2.45) is 0 Å². The van der Waals surface area contributed by atoms with Crippen LogP contribution in [0.3, 0.4) is 0 Å². The van der Waals surface area contributed by atoms with Crippen molar-refractivity contribution in [1.82, 2.24) is 5.32 Å². The summed E-state index contributed by atoms with van der Waals surface area (Å²) in [5.74, 6) is -1.18. The molecular weight excluding hydrogens is 264 g/mol. The highest BCUT2D eigenvalue weighted by atomic mass is 16.6. The third-order valence-corrected chi connectivity index (χ3v) is 2.76. The van der Waals surface area contributed by atoms with Gasteiger partial charge in [-0.25, -0.2) is 0 Å². The van der Waals surface area contributed by atoms with E-state index in [1.807, 2.05) is 0 Å². The molecule has 7 nitrogen and oxygen atoms in total. The van der Waals surface area contributed by atoms with E-state index in [9.17, 15) is 19.7 Å². The van der Waals surface area contributed by atoms with Gasteiger partial charge in [-0.2, -0.15) is 0 Å². The summed E-state index contributed by atoms with van der Waals surface area (Å²) in [5.41, 5.74) is 0.753. The van der Waals surface area contributed by atoms with Crippen LogP contribution in [0.4, 0.5) is 5.69 Å². The number of nitro groups is 1. The number of carbonyl (C=O) groups is 2. The molecule has 1 rings (SSSR count). The van der Waals surface area contributed by atoms with Crippen LogP contribution in [-0.2, 0) is 4.79 Å². The molecule has 0 bridgehead atoms. The highest BCUT2D eigenvalue weighted by Crippen LogP contribution is 2.18. The van der Waals surface area contributed by atoms with Crippen molar-refractivity contribution in [3.8, 4) is 0 Å². The third-order valence-electron chi connectivity index (χ3n) is 2.76. The number of unbranched alkanes of at least 4 members (excludes halogenated alkanes) is 1. The minimum absolute atomic E-state index is 0.0250. The molecule has 1 aromatic carbocycles. The maximum Gasteiger partial charge on any atom is 0.303 e. The number of nitrogens with one attached hydrogen (secondary N) is 1. The van der Waals surface area contributed by atoms with E-state index in [-0.39, 0.29) is 18.0 Å².